The Bertz CT molecular complexity index is 347. The Morgan fingerprint density at radius 3 is 3.13 bits per heavy atom. The molecule has 0 spiro atoms. The van der Waals surface area contributed by atoms with Crippen LogP contribution in [-0.2, 0) is 10.2 Å². The first-order valence-corrected chi connectivity index (χ1v) is 5.18. The van der Waals surface area contributed by atoms with Gasteiger partial charge in [0.05, 0.1) is 17.6 Å². The maximum absolute atomic E-state index is 11.2. The number of aliphatic carboxylic acids is 1. The van der Waals surface area contributed by atoms with E-state index in [2.05, 4.69) is 5.32 Å². The number of carboxylic acids is 1. The average molecular weight is 209 g/mol. The van der Waals surface area contributed by atoms with Crippen LogP contribution >= 0.6 is 0 Å². The van der Waals surface area contributed by atoms with Crippen molar-refractivity contribution >= 4 is 5.97 Å². The Hall–Kier alpha value is -1.29. The highest BCUT2D eigenvalue weighted by molar-refractivity contribution is 5.73. The summed E-state index contributed by atoms with van der Waals surface area (Å²) in [7, 11) is 0. The van der Waals surface area contributed by atoms with Gasteiger partial charge in [-0.1, -0.05) is 6.92 Å². The molecule has 2 unspecified atom stereocenters. The second kappa shape index (κ2) is 3.70. The third-order valence-corrected chi connectivity index (χ3v) is 3.40. The van der Waals surface area contributed by atoms with Gasteiger partial charge in [-0.15, -0.1) is 0 Å². The molecule has 82 valence electrons. The van der Waals surface area contributed by atoms with E-state index in [1.165, 1.54) is 0 Å². The number of hydrogen-bond acceptors (Lipinski definition) is 3. The van der Waals surface area contributed by atoms with Gasteiger partial charge in [0.2, 0.25) is 0 Å². The molecule has 4 nitrogen and oxygen atoms in total. The van der Waals surface area contributed by atoms with Crippen molar-refractivity contribution in [1.29, 1.82) is 0 Å². The Morgan fingerprint density at radius 1 is 1.80 bits per heavy atom. The van der Waals surface area contributed by atoms with Gasteiger partial charge in [0, 0.05) is 13.1 Å². The molecule has 15 heavy (non-hydrogen) atoms. The van der Waals surface area contributed by atoms with Crippen LogP contribution in [0.15, 0.2) is 22.8 Å². The highest BCUT2D eigenvalue weighted by atomic mass is 16.4. The average Bonchev–Trinajstić information content (AvgIpc) is 2.87. The van der Waals surface area contributed by atoms with Crippen LogP contribution in [0.2, 0.25) is 0 Å². The van der Waals surface area contributed by atoms with Gasteiger partial charge < -0.3 is 14.8 Å². The standard InChI is InChI=1S/C11H15NO3/c1-2-11(9-4-3-5-15-9)7-12-6-8(11)10(13)14/h3-5,8,12H,2,6-7H2,1H3,(H,13,14). The predicted octanol–water partition coefficient (Wildman–Crippen LogP) is 1.23. The molecular formula is C11H15NO3. The normalized spacial score (nSPS) is 30.6. The summed E-state index contributed by atoms with van der Waals surface area (Å²) >= 11 is 0. The number of hydrogen-bond donors (Lipinski definition) is 2. The zero-order valence-electron chi connectivity index (χ0n) is 8.69. The van der Waals surface area contributed by atoms with E-state index in [1.54, 1.807) is 6.26 Å². The van der Waals surface area contributed by atoms with Gasteiger partial charge in [0.25, 0.3) is 0 Å². The number of carboxylic acid groups (broad SMARTS) is 1. The molecule has 0 aliphatic carbocycles. The highest BCUT2D eigenvalue weighted by Gasteiger charge is 2.48. The Balaban J connectivity index is 2.40. The van der Waals surface area contributed by atoms with Gasteiger partial charge in [-0.25, -0.2) is 0 Å². The van der Waals surface area contributed by atoms with Gasteiger partial charge >= 0.3 is 5.97 Å². The maximum atomic E-state index is 11.2. The lowest BCUT2D eigenvalue weighted by atomic mass is 9.74. The molecule has 2 N–H and O–H groups in total. The maximum Gasteiger partial charge on any atom is 0.308 e. The third-order valence-electron chi connectivity index (χ3n) is 3.40. The summed E-state index contributed by atoms with van der Waals surface area (Å²) in [4.78, 5) is 11.2. The zero-order chi connectivity index (χ0) is 10.9. The van der Waals surface area contributed by atoms with Crippen molar-refractivity contribution in [3.63, 3.8) is 0 Å². The van der Waals surface area contributed by atoms with Crippen LogP contribution in [0.3, 0.4) is 0 Å². The minimum Gasteiger partial charge on any atom is -0.481 e. The van der Waals surface area contributed by atoms with Crippen molar-refractivity contribution in [2.24, 2.45) is 5.92 Å². The second-order valence-electron chi connectivity index (χ2n) is 4.01. The molecule has 1 aliphatic heterocycles. The van der Waals surface area contributed by atoms with Crippen molar-refractivity contribution in [1.82, 2.24) is 5.32 Å². The van der Waals surface area contributed by atoms with Crippen LogP contribution in [0.25, 0.3) is 0 Å². The lowest BCUT2D eigenvalue weighted by Crippen LogP contribution is -2.38. The van der Waals surface area contributed by atoms with E-state index in [0.29, 0.717) is 13.1 Å². The van der Waals surface area contributed by atoms with Gasteiger partial charge in [-0.05, 0) is 18.6 Å². The molecule has 4 heteroatoms. The predicted molar refractivity (Wildman–Crippen MR) is 54.7 cm³/mol. The first kappa shape index (κ1) is 10.2. The Morgan fingerprint density at radius 2 is 2.60 bits per heavy atom. The van der Waals surface area contributed by atoms with Gasteiger partial charge in [0.15, 0.2) is 0 Å². The molecule has 1 aromatic heterocycles. The largest absolute Gasteiger partial charge is 0.481 e. The molecule has 1 saturated heterocycles. The molecule has 1 aliphatic rings. The van der Waals surface area contributed by atoms with Crippen molar-refractivity contribution in [2.75, 3.05) is 13.1 Å². The van der Waals surface area contributed by atoms with Gasteiger partial charge in [0.1, 0.15) is 5.76 Å². The minimum absolute atomic E-state index is 0.380. The van der Waals surface area contributed by atoms with E-state index in [1.807, 2.05) is 19.1 Å². The summed E-state index contributed by atoms with van der Waals surface area (Å²) in [5.74, 6) is -0.366. The van der Waals surface area contributed by atoms with Crippen molar-refractivity contribution in [3.8, 4) is 0 Å². The summed E-state index contributed by atoms with van der Waals surface area (Å²) in [6.07, 6.45) is 2.37. The van der Waals surface area contributed by atoms with Crippen LogP contribution in [0, 0.1) is 5.92 Å². The van der Waals surface area contributed by atoms with Crippen LogP contribution in [-0.4, -0.2) is 24.2 Å². The summed E-state index contributed by atoms with van der Waals surface area (Å²) in [5, 5.41) is 12.3. The van der Waals surface area contributed by atoms with Crippen LogP contribution in [0.1, 0.15) is 19.1 Å². The van der Waals surface area contributed by atoms with E-state index >= 15 is 0 Å². The zero-order valence-corrected chi connectivity index (χ0v) is 8.69. The quantitative estimate of drug-likeness (QED) is 0.786. The first-order chi connectivity index (χ1) is 7.20. The molecule has 0 amide bonds. The third kappa shape index (κ3) is 1.45. The van der Waals surface area contributed by atoms with Crippen LogP contribution in [0.4, 0.5) is 0 Å². The number of nitrogens with one attached hydrogen (secondary N) is 1. The SMILES string of the molecule is CCC1(c2ccco2)CNCC1C(=O)O. The summed E-state index contributed by atoms with van der Waals surface area (Å²) < 4.78 is 5.39. The van der Waals surface area contributed by atoms with Crippen molar-refractivity contribution < 1.29 is 14.3 Å². The minimum atomic E-state index is -0.752. The topological polar surface area (TPSA) is 62.5 Å². The van der Waals surface area contributed by atoms with Gasteiger partial charge in [-0.2, -0.15) is 0 Å². The molecule has 0 radical (unpaired) electrons. The Labute approximate surface area is 88.3 Å². The molecule has 1 fully saturated rings. The second-order valence-corrected chi connectivity index (χ2v) is 4.01. The number of carbonyl (C=O) groups is 1. The van der Waals surface area contributed by atoms with E-state index < -0.39 is 11.9 Å². The number of rotatable bonds is 3. The molecule has 0 aromatic carbocycles. The highest BCUT2D eigenvalue weighted by Crippen LogP contribution is 2.38. The van der Waals surface area contributed by atoms with E-state index in [4.69, 9.17) is 4.42 Å². The van der Waals surface area contributed by atoms with Crippen molar-refractivity contribution in [2.45, 2.75) is 18.8 Å². The molecule has 2 atom stereocenters. The fourth-order valence-electron chi connectivity index (χ4n) is 2.45. The van der Waals surface area contributed by atoms with Crippen LogP contribution in [0.5, 0.6) is 0 Å². The van der Waals surface area contributed by atoms with E-state index in [0.717, 1.165) is 12.2 Å². The molecule has 0 saturated carbocycles. The monoisotopic (exact) mass is 209 g/mol. The molecule has 2 heterocycles. The molecule has 1 aromatic rings. The fraction of sp³-hybridized carbons (Fsp3) is 0.545. The summed E-state index contributed by atoms with van der Waals surface area (Å²) in [6.45, 7) is 3.20. The molecular weight excluding hydrogens is 194 g/mol. The fourth-order valence-corrected chi connectivity index (χ4v) is 2.45. The number of furan rings is 1. The molecule has 0 bridgehead atoms. The first-order valence-electron chi connectivity index (χ1n) is 5.18. The molecule has 2 rings (SSSR count). The smallest absolute Gasteiger partial charge is 0.308 e. The summed E-state index contributed by atoms with van der Waals surface area (Å²) in [6, 6.07) is 3.68. The van der Waals surface area contributed by atoms with Gasteiger partial charge in [-0.3, -0.25) is 4.79 Å². The van der Waals surface area contributed by atoms with E-state index in [-0.39, 0.29) is 5.41 Å². The summed E-state index contributed by atoms with van der Waals surface area (Å²) in [5.41, 5.74) is -0.380. The lowest BCUT2D eigenvalue weighted by molar-refractivity contribution is -0.143. The lowest BCUT2D eigenvalue weighted by Gasteiger charge is -2.28. The van der Waals surface area contributed by atoms with Crippen LogP contribution < -0.4 is 5.32 Å². The van der Waals surface area contributed by atoms with Crippen molar-refractivity contribution in [3.05, 3.63) is 24.2 Å². The van der Waals surface area contributed by atoms with E-state index in [9.17, 15) is 9.90 Å². The Kier molecular flexibility index (Phi) is 2.52.